The van der Waals surface area contributed by atoms with Crippen LogP contribution in [0.5, 0.6) is 0 Å². The van der Waals surface area contributed by atoms with Crippen LogP contribution in [-0.4, -0.2) is 21.2 Å². The van der Waals surface area contributed by atoms with Gasteiger partial charge in [-0.05, 0) is 18.8 Å². The third kappa shape index (κ3) is 1.80. The molecule has 4 atom stereocenters. The fraction of sp³-hybridized carbons (Fsp3) is 1.00. The summed E-state index contributed by atoms with van der Waals surface area (Å²) < 4.78 is 0. The highest BCUT2D eigenvalue weighted by Gasteiger charge is 2.41. The molecule has 72 valence electrons. The standard InChI is InChI=1S/C10H20OS/c1-5-10(11)6-7(2)12-9(4)8(10)3/h7-9,11H,5-6H2,1-4H3. The molecule has 2 heteroatoms. The van der Waals surface area contributed by atoms with Crippen molar-refractivity contribution in [3.8, 4) is 0 Å². The molecule has 1 fully saturated rings. The van der Waals surface area contributed by atoms with Crippen LogP contribution in [-0.2, 0) is 0 Å². The van der Waals surface area contributed by atoms with E-state index in [9.17, 15) is 5.11 Å². The summed E-state index contributed by atoms with van der Waals surface area (Å²) in [4.78, 5) is 0. The van der Waals surface area contributed by atoms with E-state index in [0.717, 1.165) is 12.8 Å². The van der Waals surface area contributed by atoms with E-state index in [4.69, 9.17) is 0 Å². The summed E-state index contributed by atoms with van der Waals surface area (Å²) in [5, 5.41) is 11.5. The monoisotopic (exact) mass is 188 g/mol. The third-order valence-electron chi connectivity index (χ3n) is 3.25. The van der Waals surface area contributed by atoms with E-state index in [2.05, 4.69) is 27.7 Å². The highest BCUT2D eigenvalue weighted by Crippen LogP contribution is 2.43. The second-order valence-electron chi connectivity index (χ2n) is 4.10. The van der Waals surface area contributed by atoms with Crippen LogP contribution in [0.1, 0.15) is 40.5 Å². The molecule has 1 heterocycles. The van der Waals surface area contributed by atoms with Gasteiger partial charge in [-0.1, -0.05) is 27.7 Å². The van der Waals surface area contributed by atoms with E-state index >= 15 is 0 Å². The predicted octanol–water partition coefficient (Wildman–Crippen LogP) is 2.68. The molecule has 0 aromatic heterocycles. The van der Waals surface area contributed by atoms with Gasteiger partial charge in [-0.25, -0.2) is 0 Å². The van der Waals surface area contributed by atoms with Crippen molar-refractivity contribution in [1.29, 1.82) is 0 Å². The predicted molar refractivity (Wildman–Crippen MR) is 55.5 cm³/mol. The first-order valence-corrected chi connectivity index (χ1v) is 5.81. The lowest BCUT2D eigenvalue weighted by molar-refractivity contribution is -0.0262. The fourth-order valence-electron chi connectivity index (χ4n) is 2.12. The van der Waals surface area contributed by atoms with Crippen molar-refractivity contribution in [3.63, 3.8) is 0 Å². The Morgan fingerprint density at radius 1 is 1.42 bits per heavy atom. The lowest BCUT2D eigenvalue weighted by Gasteiger charge is -2.43. The smallest absolute Gasteiger partial charge is 0.0691 e. The van der Waals surface area contributed by atoms with Crippen LogP contribution in [0.2, 0.25) is 0 Å². The highest BCUT2D eigenvalue weighted by molar-refractivity contribution is 8.00. The van der Waals surface area contributed by atoms with Crippen molar-refractivity contribution in [2.24, 2.45) is 5.92 Å². The summed E-state index contributed by atoms with van der Waals surface area (Å²) in [6.07, 6.45) is 1.85. The molecule has 12 heavy (non-hydrogen) atoms. The second kappa shape index (κ2) is 3.59. The maximum absolute atomic E-state index is 10.3. The normalized spacial score (nSPS) is 49.2. The molecule has 1 N–H and O–H groups in total. The van der Waals surface area contributed by atoms with Gasteiger partial charge in [0, 0.05) is 10.5 Å². The Kier molecular flexibility index (Phi) is 3.11. The Hall–Kier alpha value is 0.310. The first kappa shape index (κ1) is 10.4. The van der Waals surface area contributed by atoms with Crippen molar-refractivity contribution >= 4 is 11.8 Å². The van der Waals surface area contributed by atoms with Crippen molar-refractivity contribution in [1.82, 2.24) is 0 Å². The van der Waals surface area contributed by atoms with Crippen LogP contribution in [0, 0.1) is 5.92 Å². The molecule has 1 aliphatic rings. The van der Waals surface area contributed by atoms with Crippen molar-refractivity contribution in [2.75, 3.05) is 0 Å². The zero-order valence-corrected chi connectivity index (χ0v) is 9.32. The Morgan fingerprint density at radius 3 is 2.50 bits per heavy atom. The van der Waals surface area contributed by atoms with E-state index in [1.165, 1.54) is 0 Å². The Labute approximate surface area is 79.9 Å². The Morgan fingerprint density at radius 2 is 2.00 bits per heavy atom. The number of thioether (sulfide) groups is 1. The van der Waals surface area contributed by atoms with Gasteiger partial charge in [0.25, 0.3) is 0 Å². The van der Waals surface area contributed by atoms with Crippen LogP contribution in [0.3, 0.4) is 0 Å². The van der Waals surface area contributed by atoms with Crippen LogP contribution in [0.15, 0.2) is 0 Å². The lowest BCUT2D eigenvalue weighted by Crippen LogP contribution is -2.46. The summed E-state index contributed by atoms with van der Waals surface area (Å²) in [6.45, 7) is 8.71. The molecular weight excluding hydrogens is 168 g/mol. The molecular formula is C10H20OS. The summed E-state index contributed by atoms with van der Waals surface area (Å²) >= 11 is 2.01. The van der Waals surface area contributed by atoms with Crippen molar-refractivity contribution < 1.29 is 5.11 Å². The second-order valence-corrected chi connectivity index (χ2v) is 5.92. The maximum Gasteiger partial charge on any atom is 0.0691 e. The topological polar surface area (TPSA) is 20.2 Å². The molecule has 0 amide bonds. The van der Waals surface area contributed by atoms with Gasteiger partial charge < -0.3 is 5.11 Å². The minimum absolute atomic E-state index is 0.399. The summed E-state index contributed by atoms with van der Waals surface area (Å²) in [7, 11) is 0. The quantitative estimate of drug-likeness (QED) is 0.682. The van der Waals surface area contributed by atoms with Gasteiger partial charge in [-0.3, -0.25) is 0 Å². The molecule has 0 radical (unpaired) electrons. The molecule has 1 nitrogen and oxygen atoms in total. The van der Waals surface area contributed by atoms with Gasteiger partial charge in [-0.2, -0.15) is 11.8 Å². The molecule has 4 unspecified atom stereocenters. The van der Waals surface area contributed by atoms with Crippen molar-refractivity contribution in [2.45, 2.75) is 56.6 Å². The van der Waals surface area contributed by atoms with Crippen LogP contribution in [0.25, 0.3) is 0 Å². The average Bonchev–Trinajstić information content (AvgIpc) is 2.00. The Balaban J connectivity index is 2.72. The van der Waals surface area contributed by atoms with Gasteiger partial charge in [0.15, 0.2) is 0 Å². The number of hydrogen-bond acceptors (Lipinski definition) is 2. The van der Waals surface area contributed by atoms with E-state index in [-0.39, 0.29) is 0 Å². The molecule has 1 aliphatic heterocycles. The van der Waals surface area contributed by atoms with Crippen LogP contribution in [0.4, 0.5) is 0 Å². The minimum atomic E-state index is -0.399. The summed E-state index contributed by atoms with van der Waals surface area (Å²) in [5.41, 5.74) is -0.399. The van der Waals surface area contributed by atoms with Crippen LogP contribution >= 0.6 is 11.8 Å². The van der Waals surface area contributed by atoms with Crippen molar-refractivity contribution in [3.05, 3.63) is 0 Å². The molecule has 0 spiro atoms. The van der Waals surface area contributed by atoms with Gasteiger partial charge in [0.2, 0.25) is 0 Å². The molecule has 0 aliphatic carbocycles. The average molecular weight is 188 g/mol. The SMILES string of the molecule is CCC1(O)CC(C)SC(C)C1C. The number of rotatable bonds is 1. The summed E-state index contributed by atoms with van der Waals surface area (Å²) in [5.74, 6) is 0.434. The first-order chi connectivity index (χ1) is 5.49. The van der Waals surface area contributed by atoms with E-state index < -0.39 is 5.60 Å². The van der Waals surface area contributed by atoms with Crippen LogP contribution < -0.4 is 0 Å². The zero-order valence-electron chi connectivity index (χ0n) is 8.50. The highest BCUT2D eigenvalue weighted by atomic mass is 32.2. The van der Waals surface area contributed by atoms with Gasteiger partial charge in [0.05, 0.1) is 5.60 Å². The maximum atomic E-state index is 10.3. The number of hydrogen-bond donors (Lipinski definition) is 1. The molecule has 0 aromatic carbocycles. The lowest BCUT2D eigenvalue weighted by atomic mass is 9.80. The fourth-order valence-corrected chi connectivity index (χ4v) is 3.73. The molecule has 1 rings (SSSR count). The molecule has 0 saturated carbocycles. The summed E-state index contributed by atoms with van der Waals surface area (Å²) in [6, 6.07) is 0. The zero-order chi connectivity index (χ0) is 9.35. The molecule has 1 saturated heterocycles. The molecule has 0 bridgehead atoms. The van der Waals surface area contributed by atoms with E-state index in [1.54, 1.807) is 0 Å². The van der Waals surface area contributed by atoms with Gasteiger partial charge in [0.1, 0.15) is 0 Å². The van der Waals surface area contributed by atoms with E-state index in [0.29, 0.717) is 16.4 Å². The number of aliphatic hydroxyl groups is 1. The van der Waals surface area contributed by atoms with E-state index in [1.807, 2.05) is 11.8 Å². The largest absolute Gasteiger partial charge is 0.390 e. The molecule has 0 aromatic rings. The third-order valence-corrected chi connectivity index (χ3v) is 4.72. The van der Waals surface area contributed by atoms with Gasteiger partial charge in [-0.15, -0.1) is 0 Å². The first-order valence-electron chi connectivity index (χ1n) is 4.87. The minimum Gasteiger partial charge on any atom is -0.390 e. The van der Waals surface area contributed by atoms with Gasteiger partial charge >= 0.3 is 0 Å². The Bertz CT molecular complexity index is 160.